The third-order valence-electron chi connectivity index (χ3n) is 4.24. The van der Waals surface area contributed by atoms with Crippen LogP contribution in [-0.4, -0.2) is 11.0 Å². The molecule has 1 fully saturated rings. The molecule has 1 heterocycles. The van der Waals surface area contributed by atoms with E-state index in [1.807, 2.05) is 18.3 Å². The van der Waals surface area contributed by atoms with Gasteiger partial charge in [-0.2, -0.15) is 0 Å². The van der Waals surface area contributed by atoms with Crippen LogP contribution in [0.15, 0.2) is 24.4 Å². The van der Waals surface area contributed by atoms with Gasteiger partial charge < -0.3 is 5.73 Å². The molecule has 1 saturated carbocycles. The minimum absolute atomic E-state index is 0.227. The van der Waals surface area contributed by atoms with E-state index in [9.17, 15) is 0 Å². The van der Waals surface area contributed by atoms with Crippen molar-refractivity contribution in [2.75, 3.05) is 0 Å². The predicted molar refractivity (Wildman–Crippen MR) is 67.2 cm³/mol. The number of rotatable bonds is 3. The highest BCUT2D eigenvalue weighted by Gasteiger charge is 2.38. The quantitative estimate of drug-likeness (QED) is 0.846. The van der Waals surface area contributed by atoms with Crippen molar-refractivity contribution in [2.45, 2.75) is 51.5 Å². The molecule has 1 aromatic heterocycles. The van der Waals surface area contributed by atoms with E-state index in [4.69, 9.17) is 5.73 Å². The summed E-state index contributed by atoms with van der Waals surface area (Å²) in [6.07, 6.45) is 7.06. The first-order chi connectivity index (χ1) is 7.63. The Labute approximate surface area is 98.3 Å². The Morgan fingerprint density at radius 3 is 2.56 bits per heavy atom. The minimum Gasteiger partial charge on any atom is -0.327 e. The minimum atomic E-state index is 0.227. The van der Waals surface area contributed by atoms with Gasteiger partial charge in [0.05, 0.1) is 0 Å². The summed E-state index contributed by atoms with van der Waals surface area (Å²) in [6, 6.07) is 6.31. The van der Waals surface area contributed by atoms with E-state index in [0.29, 0.717) is 11.3 Å². The van der Waals surface area contributed by atoms with Crippen molar-refractivity contribution in [1.29, 1.82) is 0 Å². The average Bonchev–Trinajstić information content (AvgIpc) is 2.77. The van der Waals surface area contributed by atoms with Crippen LogP contribution in [0.25, 0.3) is 0 Å². The molecular formula is C14H22N2. The number of pyridine rings is 1. The summed E-state index contributed by atoms with van der Waals surface area (Å²) in [5.41, 5.74) is 7.89. The lowest BCUT2D eigenvalue weighted by atomic mass is 9.74. The van der Waals surface area contributed by atoms with Crippen molar-refractivity contribution >= 4 is 0 Å². The molecule has 0 saturated heterocycles. The number of hydrogen-bond acceptors (Lipinski definition) is 2. The normalized spacial score (nSPS) is 22.9. The van der Waals surface area contributed by atoms with Gasteiger partial charge in [0.25, 0.3) is 0 Å². The van der Waals surface area contributed by atoms with E-state index < -0.39 is 0 Å². The summed E-state index contributed by atoms with van der Waals surface area (Å²) < 4.78 is 0. The van der Waals surface area contributed by atoms with Crippen LogP contribution in [0.3, 0.4) is 0 Å². The molecule has 0 bridgehead atoms. The molecule has 16 heavy (non-hydrogen) atoms. The Bertz CT molecular complexity index is 328. The topological polar surface area (TPSA) is 38.9 Å². The van der Waals surface area contributed by atoms with Crippen LogP contribution < -0.4 is 5.73 Å². The third-order valence-corrected chi connectivity index (χ3v) is 4.24. The summed E-state index contributed by atoms with van der Waals surface area (Å²) in [7, 11) is 0. The fourth-order valence-electron chi connectivity index (χ4n) is 2.95. The summed E-state index contributed by atoms with van der Waals surface area (Å²) in [4.78, 5) is 4.42. The first-order valence-corrected chi connectivity index (χ1v) is 6.30. The van der Waals surface area contributed by atoms with E-state index in [1.54, 1.807) is 0 Å². The number of nitrogens with zero attached hydrogens (tertiary/aromatic N) is 1. The van der Waals surface area contributed by atoms with Crippen LogP contribution in [0, 0.1) is 5.41 Å². The second-order valence-corrected chi connectivity index (χ2v) is 5.43. The number of hydrogen-bond donors (Lipinski definition) is 1. The Kier molecular flexibility index (Phi) is 3.29. The second kappa shape index (κ2) is 4.54. The maximum absolute atomic E-state index is 6.45. The van der Waals surface area contributed by atoms with E-state index in [2.05, 4.69) is 24.9 Å². The smallest absolute Gasteiger partial charge is 0.0447 e. The van der Waals surface area contributed by atoms with Crippen molar-refractivity contribution in [1.82, 2.24) is 4.98 Å². The standard InChI is InChI=1S/C14H22N2/c1-11(12-7-3-6-10-16-12)13(15)14(2)8-4-5-9-14/h3,6-7,10-11,13H,4-5,8-9,15H2,1-2H3. The SMILES string of the molecule is CC(c1ccccn1)C(N)C1(C)CCCC1. The molecule has 1 aliphatic rings. The average molecular weight is 218 g/mol. The van der Waals surface area contributed by atoms with Gasteiger partial charge in [0.2, 0.25) is 0 Å². The van der Waals surface area contributed by atoms with Crippen molar-refractivity contribution in [3.05, 3.63) is 30.1 Å². The Hall–Kier alpha value is -0.890. The van der Waals surface area contributed by atoms with E-state index >= 15 is 0 Å². The van der Waals surface area contributed by atoms with Crippen LogP contribution in [-0.2, 0) is 0 Å². The van der Waals surface area contributed by atoms with Gasteiger partial charge in [-0.25, -0.2) is 0 Å². The molecule has 1 aromatic rings. The zero-order valence-corrected chi connectivity index (χ0v) is 10.3. The van der Waals surface area contributed by atoms with Crippen LogP contribution in [0.2, 0.25) is 0 Å². The van der Waals surface area contributed by atoms with Crippen LogP contribution in [0.1, 0.15) is 51.1 Å². The molecule has 2 rings (SSSR count). The molecule has 0 amide bonds. The molecule has 2 heteroatoms. The zero-order valence-electron chi connectivity index (χ0n) is 10.3. The summed E-state index contributed by atoms with van der Waals surface area (Å²) in [5, 5.41) is 0. The fraction of sp³-hybridized carbons (Fsp3) is 0.643. The Morgan fingerprint density at radius 2 is 2.00 bits per heavy atom. The largest absolute Gasteiger partial charge is 0.327 e. The van der Waals surface area contributed by atoms with Crippen molar-refractivity contribution in [3.63, 3.8) is 0 Å². The van der Waals surface area contributed by atoms with Gasteiger partial charge in [-0.1, -0.05) is 32.8 Å². The van der Waals surface area contributed by atoms with Crippen molar-refractivity contribution in [2.24, 2.45) is 11.1 Å². The maximum atomic E-state index is 6.45. The van der Waals surface area contributed by atoms with Crippen molar-refractivity contribution in [3.8, 4) is 0 Å². The Morgan fingerprint density at radius 1 is 1.31 bits per heavy atom. The van der Waals surface area contributed by atoms with Gasteiger partial charge in [0.1, 0.15) is 0 Å². The van der Waals surface area contributed by atoms with Crippen LogP contribution >= 0.6 is 0 Å². The predicted octanol–water partition coefficient (Wildman–Crippen LogP) is 3.09. The lowest BCUT2D eigenvalue weighted by Crippen LogP contribution is -2.41. The molecule has 0 aliphatic heterocycles. The first kappa shape index (κ1) is 11.6. The lowest BCUT2D eigenvalue weighted by Gasteiger charge is -2.35. The molecule has 0 radical (unpaired) electrons. The van der Waals surface area contributed by atoms with Gasteiger partial charge in [0.15, 0.2) is 0 Å². The molecule has 88 valence electrons. The molecule has 2 nitrogen and oxygen atoms in total. The third kappa shape index (κ3) is 2.12. The highest BCUT2D eigenvalue weighted by atomic mass is 14.8. The highest BCUT2D eigenvalue weighted by molar-refractivity contribution is 5.13. The number of nitrogens with two attached hydrogens (primary N) is 1. The summed E-state index contributed by atoms with van der Waals surface area (Å²) in [5.74, 6) is 0.351. The molecular weight excluding hydrogens is 196 g/mol. The molecule has 2 atom stereocenters. The molecule has 0 spiro atoms. The Balaban J connectivity index is 2.13. The van der Waals surface area contributed by atoms with Gasteiger partial charge in [-0.15, -0.1) is 0 Å². The summed E-state index contributed by atoms with van der Waals surface area (Å²) >= 11 is 0. The van der Waals surface area contributed by atoms with Gasteiger partial charge in [0, 0.05) is 23.9 Å². The molecule has 0 aromatic carbocycles. The van der Waals surface area contributed by atoms with Gasteiger partial charge in [-0.05, 0) is 30.4 Å². The van der Waals surface area contributed by atoms with E-state index in [1.165, 1.54) is 25.7 Å². The summed E-state index contributed by atoms with van der Waals surface area (Å²) in [6.45, 7) is 4.54. The molecule has 1 aliphatic carbocycles. The zero-order chi connectivity index (χ0) is 11.6. The molecule has 2 N–H and O–H groups in total. The maximum Gasteiger partial charge on any atom is 0.0447 e. The van der Waals surface area contributed by atoms with E-state index in [-0.39, 0.29) is 6.04 Å². The lowest BCUT2D eigenvalue weighted by molar-refractivity contribution is 0.235. The fourth-order valence-corrected chi connectivity index (χ4v) is 2.95. The van der Waals surface area contributed by atoms with Crippen LogP contribution in [0.5, 0.6) is 0 Å². The van der Waals surface area contributed by atoms with E-state index in [0.717, 1.165) is 5.69 Å². The highest BCUT2D eigenvalue weighted by Crippen LogP contribution is 2.43. The molecule has 2 unspecified atom stereocenters. The van der Waals surface area contributed by atoms with Crippen LogP contribution in [0.4, 0.5) is 0 Å². The van der Waals surface area contributed by atoms with Gasteiger partial charge >= 0.3 is 0 Å². The second-order valence-electron chi connectivity index (χ2n) is 5.43. The van der Waals surface area contributed by atoms with Crippen molar-refractivity contribution < 1.29 is 0 Å². The number of aromatic nitrogens is 1. The monoisotopic (exact) mass is 218 g/mol. The van der Waals surface area contributed by atoms with Gasteiger partial charge in [-0.3, -0.25) is 4.98 Å². The first-order valence-electron chi connectivity index (χ1n) is 6.30.